The molecule has 166 valence electrons. The Hall–Kier alpha value is -3.61. The number of fused-ring (bicyclic) bond motifs is 1. The van der Waals surface area contributed by atoms with E-state index in [0.29, 0.717) is 47.3 Å². The molecule has 0 unspecified atom stereocenters. The number of aromatic nitrogens is 2. The number of nitrogens with one attached hydrogen (secondary N) is 1. The highest BCUT2D eigenvalue weighted by Crippen LogP contribution is 2.43. The van der Waals surface area contributed by atoms with Crippen molar-refractivity contribution in [1.29, 1.82) is 0 Å². The summed E-state index contributed by atoms with van der Waals surface area (Å²) in [5, 5.41) is 3.25. The average molecular weight is 434 g/mol. The van der Waals surface area contributed by atoms with Crippen LogP contribution in [0.2, 0.25) is 0 Å². The topological polar surface area (TPSA) is 82.6 Å². The lowest BCUT2D eigenvalue weighted by molar-refractivity contribution is 0.0962. The summed E-state index contributed by atoms with van der Waals surface area (Å²) in [5.74, 6) is 2.16. The van der Waals surface area contributed by atoms with Crippen molar-refractivity contribution in [3.05, 3.63) is 64.5 Å². The van der Waals surface area contributed by atoms with E-state index < -0.39 is 0 Å². The van der Waals surface area contributed by atoms with Gasteiger partial charge in [0.05, 0.1) is 38.3 Å². The smallest absolute Gasteiger partial charge is 0.227 e. The minimum Gasteiger partial charge on any atom is -0.493 e. The Balaban J connectivity index is 1.69. The Kier molecular flexibility index (Phi) is 5.99. The third kappa shape index (κ3) is 4.10. The van der Waals surface area contributed by atoms with E-state index in [1.54, 1.807) is 21.3 Å². The molecule has 3 aromatic rings. The van der Waals surface area contributed by atoms with Crippen LogP contribution in [0.5, 0.6) is 17.2 Å². The summed E-state index contributed by atoms with van der Waals surface area (Å²) in [6, 6.07) is 11.8. The lowest BCUT2D eigenvalue weighted by atomic mass is 9.81. The molecule has 0 saturated carbocycles. The molecule has 7 heteroatoms. The first-order chi connectivity index (χ1) is 15.4. The molecule has 1 heterocycles. The fourth-order valence-corrected chi connectivity index (χ4v) is 4.17. The van der Waals surface area contributed by atoms with Gasteiger partial charge < -0.3 is 19.5 Å². The third-order valence-corrected chi connectivity index (χ3v) is 5.78. The fourth-order valence-electron chi connectivity index (χ4n) is 4.17. The van der Waals surface area contributed by atoms with Crippen molar-refractivity contribution in [2.75, 3.05) is 26.6 Å². The standard InChI is InChI=1S/C25H27N3O4/c1-14-6-8-18(9-7-14)27-25-26-15(2)23-19(28-25)10-16(11-20(23)29)17-12-21(30-3)24(32-5)22(13-17)31-4/h6-9,12-13,16H,10-11H2,1-5H3,(H,26,27,28)/t16-/m0/s1. The molecule has 2 aromatic carbocycles. The Morgan fingerprint density at radius 3 is 2.16 bits per heavy atom. The predicted molar refractivity (Wildman–Crippen MR) is 123 cm³/mol. The van der Waals surface area contributed by atoms with Gasteiger partial charge in [0.1, 0.15) is 0 Å². The second-order valence-electron chi connectivity index (χ2n) is 7.93. The molecule has 0 spiro atoms. The van der Waals surface area contributed by atoms with Gasteiger partial charge in [-0.3, -0.25) is 4.79 Å². The zero-order valence-corrected chi connectivity index (χ0v) is 19.0. The molecule has 32 heavy (non-hydrogen) atoms. The van der Waals surface area contributed by atoms with E-state index in [-0.39, 0.29) is 11.7 Å². The van der Waals surface area contributed by atoms with E-state index >= 15 is 0 Å². The number of aryl methyl sites for hydroxylation is 2. The molecule has 0 saturated heterocycles. The van der Waals surface area contributed by atoms with Crippen molar-refractivity contribution in [3.63, 3.8) is 0 Å². The van der Waals surface area contributed by atoms with Crippen LogP contribution in [0.4, 0.5) is 11.6 Å². The number of carbonyl (C=O) groups is 1. The number of rotatable bonds is 6. The Morgan fingerprint density at radius 1 is 0.906 bits per heavy atom. The second-order valence-corrected chi connectivity index (χ2v) is 7.93. The highest BCUT2D eigenvalue weighted by atomic mass is 16.5. The lowest BCUT2D eigenvalue weighted by Crippen LogP contribution is -2.23. The van der Waals surface area contributed by atoms with E-state index in [2.05, 4.69) is 10.3 Å². The molecule has 0 fully saturated rings. The number of carbonyl (C=O) groups excluding carboxylic acids is 1. The van der Waals surface area contributed by atoms with Crippen LogP contribution in [0.3, 0.4) is 0 Å². The van der Waals surface area contributed by atoms with Gasteiger partial charge in [-0.2, -0.15) is 0 Å². The first-order valence-electron chi connectivity index (χ1n) is 10.5. The van der Waals surface area contributed by atoms with E-state index in [9.17, 15) is 4.79 Å². The number of ether oxygens (including phenoxy) is 3. The molecule has 1 aliphatic rings. The third-order valence-electron chi connectivity index (χ3n) is 5.78. The summed E-state index contributed by atoms with van der Waals surface area (Å²) in [6.07, 6.45) is 0.992. The van der Waals surface area contributed by atoms with Crippen molar-refractivity contribution in [3.8, 4) is 17.2 Å². The van der Waals surface area contributed by atoms with E-state index in [0.717, 1.165) is 16.9 Å². The van der Waals surface area contributed by atoms with Gasteiger partial charge in [-0.15, -0.1) is 0 Å². The average Bonchev–Trinajstić information content (AvgIpc) is 2.78. The molecular formula is C25H27N3O4. The number of anilines is 2. The molecule has 0 bridgehead atoms. The summed E-state index contributed by atoms with van der Waals surface area (Å²) < 4.78 is 16.4. The molecule has 1 aliphatic carbocycles. The highest BCUT2D eigenvalue weighted by Gasteiger charge is 2.31. The van der Waals surface area contributed by atoms with Crippen LogP contribution in [-0.4, -0.2) is 37.1 Å². The van der Waals surface area contributed by atoms with Gasteiger partial charge in [0, 0.05) is 12.1 Å². The quantitative estimate of drug-likeness (QED) is 0.599. The largest absolute Gasteiger partial charge is 0.493 e. The van der Waals surface area contributed by atoms with Crippen molar-refractivity contribution in [2.45, 2.75) is 32.6 Å². The normalized spacial score (nSPS) is 15.2. The lowest BCUT2D eigenvalue weighted by Gasteiger charge is -2.26. The Labute approximate surface area is 187 Å². The van der Waals surface area contributed by atoms with Crippen LogP contribution < -0.4 is 19.5 Å². The van der Waals surface area contributed by atoms with Crippen molar-refractivity contribution < 1.29 is 19.0 Å². The zero-order chi connectivity index (χ0) is 22.8. The van der Waals surface area contributed by atoms with Crippen LogP contribution in [0.1, 0.15) is 45.2 Å². The number of hydrogen-bond donors (Lipinski definition) is 1. The number of benzene rings is 2. The van der Waals surface area contributed by atoms with Gasteiger partial charge in [-0.1, -0.05) is 17.7 Å². The fraction of sp³-hybridized carbons (Fsp3) is 0.320. The Bertz CT molecular complexity index is 1130. The number of ketones is 1. The van der Waals surface area contributed by atoms with Crippen LogP contribution in [0.25, 0.3) is 0 Å². The van der Waals surface area contributed by atoms with Gasteiger partial charge in [0.2, 0.25) is 11.7 Å². The molecule has 7 nitrogen and oxygen atoms in total. The summed E-state index contributed by atoms with van der Waals surface area (Å²) in [6.45, 7) is 3.90. The summed E-state index contributed by atoms with van der Waals surface area (Å²) in [5.41, 5.74) is 5.10. The second kappa shape index (κ2) is 8.86. The number of methoxy groups -OCH3 is 3. The maximum atomic E-state index is 13.0. The molecule has 4 rings (SSSR count). The molecular weight excluding hydrogens is 406 g/mol. The predicted octanol–water partition coefficient (Wildman–Crippen LogP) is 4.78. The molecule has 1 aromatic heterocycles. The molecule has 1 N–H and O–H groups in total. The zero-order valence-electron chi connectivity index (χ0n) is 19.0. The number of hydrogen-bond acceptors (Lipinski definition) is 7. The van der Waals surface area contributed by atoms with Crippen LogP contribution >= 0.6 is 0 Å². The van der Waals surface area contributed by atoms with E-state index in [1.165, 1.54) is 5.56 Å². The van der Waals surface area contributed by atoms with Crippen LogP contribution in [0.15, 0.2) is 36.4 Å². The molecule has 0 aliphatic heterocycles. The summed E-state index contributed by atoms with van der Waals surface area (Å²) in [4.78, 5) is 22.3. The highest BCUT2D eigenvalue weighted by molar-refractivity contribution is 5.99. The number of nitrogens with zero attached hydrogens (tertiary/aromatic N) is 2. The van der Waals surface area contributed by atoms with Crippen molar-refractivity contribution in [1.82, 2.24) is 9.97 Å². The van der Waals surface area contributed by atoms with Gasteiger partial charge in [-0.25, -0.2) is 9.97 Å². The van der Waals surface area contributed by atoms with Gasteiger partial charge >= 0.3 is 0 Å². The maximum absolute atomic E-state index is 13.0. The minimum atomic E-state index is -0.0507. The Morgan fingerprint density at radius 2 is 1.56 bits per heavy atom. The van der Waals surface area contributed by atoms with Gasteiger partial charge in [0.15, 0.2) is 17.3 Å². The molecule has 1 atom stereocenters. The van der Waals surface area contributed by atoms with Crippen molar-refractivity contribution >= 4 is 17.4 Å². The molecule has 0 amide bonds. The van der Waals surface area contributed by atoms with Crippen molar-refractivity contribution in [2.24, 2.45) is 0 Å². The van der Waals surface area contributed by atoms with Gasteiger partial charge in [-0.05, 0) is 56.0 Å². The number of Topliss-reactive ketones (excluding diaryl/α,β-unsaturated/α-hetero) is 1. The monoisotopic (exact) mass is 433 g/mol. The van der Waals surface area contributed by atoms with Crippen LogP contribution in [0, 0.1) is 13.8 Å². The molecule has 0 radical (unpaired) electrons. The maximum Gasteiger partial charge on any atom is 0.227 e. The minimum absolute atomic E-state index is 0.0457. The van der Waals surface area contributed by atoms with E-state index in [4.69, 9.17) is 19.2 Å². The first-order valence-corrected chi connectivity index (χ1v) is 10.5. The first kappa shape index (κ1) is 21.6. The van der Waals surface area contributed by atoms with Crippen LogP contribution in [-0.2, 0) is 6.42 Å². The summed E-state index contributed by atoms with van der Waals surface area (Å²) >= 11 is 0. The van der Waals surface area contributed by atoms with E-state index in [1.807, 2.05) is 50.2 Å². The van der Waals surface area contributed by atoms with Gasteiger partial charge in [0.25, 0.3) is 0 Å². The SMILES string of the molecule is COc1cc([C@@H]2CC(=O)c3c(C)nc(Nc4ccc(C)cc4)nc3C2)cc(OC)c1OC. The summed E-state index contributed by atoms with van der Waals surface area (Å²) in [7, 11) is 4.74.